The summed E-state index contributed by atoms with van der Waals surface area (Å²) in [6.07, 6.45) is 3.54. The Kier molecular flexibility index (Phi) is 5.63. The highest BCUT2D eigenvalue weighted by Crippen LogP contribution is 2.00. The number of hydrogen-bond acceptors (Lipinski definition) is 4. The van der Waals surface area contributed by atoms with Crippen molar-refractivity contribution in [1.82, 2.24) is 10.3 Å². The Hall–Kier alpha value is -2.81. The van der Waals surface area contributed by atoms with Crippen LogP contribution in [0.15, 0.2) is 31.1 Å². The number of aromatic nitrogens is 1. The van der Waals surface area contributed by atoms with E-state index in [0.717, 1.165) is 0 Å². The van der Waals surface area contributed by atoms with Crippen molar-refractivity contribution >= 4 is 12.1 Å². The third kappa shape index (κ3) is 5.37. The Morgan fingerprint density at radius 3 is 3.00 bits per heavy atom. The van der Waals surface area contributed by atoms with Crippen LogP contribution in [0.2, 0.25) is 0 Å². The molecule has 0 aliphatic carbocycles. The lowest BCUT2D eigenvalue weighted by atomic mass is 10.2. The lowest BCUT2D eigenvalue weighted by Crippen LogP contribution is -2.24. The van der Waals surface area contributed by atoms with E-state index in [4.69, 9.17) is 5.11 Å². The van der Waals surface area contributed by atoms with Crippen molar-refractivity contribution in [2.45, 2.75) is 0 Å². The second-order valence-corrected chi connectivity index (χ2v) is 3.31. The Morgan fingerprint density at radius 2 is 2.32 bits per heavy atom. The maximum absolute atomic E-state index is 11.0. The van der Waals surface area contributed by atoms with Crippen molar-refractivity contribution in [3.8, 4) is 11.8 Å². The normalized spacial score (nSPS) is 8.84. The second kappa shape index (κ2) is 7.50. The summed E-state index contributed by atoms with van der Waals surface area (Å²) in [4.78, 5) is 25.5. The molecule has 0 aromatic carbocycles. The fourth-order valence-corrected chi connectivity index (χ4v) is 1.07. The number of aromatic carboxylic acids is 1. The van der Waals surface area contributed by atoms with Crippen LogP contribution in [0.3, 0.4) is 0 Å². The summed E-state index contributed by atoms with van der Waals surface area (Å²) in [5, 5.41) is 11.2. The molecule has 1 amide bonds. The molecule has 1 aromatic rings. The van der Waals surface area contributed by atoms with Gasteiger partial charge in [0.05, 0.1) is 12.1 Å². The van der Waals surface area contributed by atoms with Crippen LogP contribution in [0.4, 0.5) is 4.79 Å². The van der Waals surface area contributed by atoms with E-state index in [1.165, 1.54) is 24.5 Å². The van der Waals surface area contributed by atoms with E-state index in [9.17, 15) is 9.59 Å². The molecule has 0 aliphatic rings. The minimum absolute atomic E-state index is 0.0603. The van der Waals surface area contributed by atoms with Gasteiger partial charge in [0.1, 0.15) is 6.61 Å². The van der Waals surface area contributed by atoms with Crippen molar-refractivity contribution in [2.24, 2.45) is 0 Å². The van der Waals surface area contributed by atoms with Crippen LogP contribution >= 0.6 is 0 Å². The lowest BCUT2D eigenvalue weighted by Gasteiger charge is -2.00. The van der Waals surface area contributed by atoms with Crippen LogP contribution in [0.5, 0.6) is 0 Å². The van der Waals surface area contributed by atoms with E-state index in [1.54, 1.807) is 0 Å². The fourth-order valence-electron chi connectivity index (χ4n) is 1.07. The van der Waals surface area contributed by atoms with E-state index in [-0.39, 0.29) is 18.7 Å². The third-order valence-electron chi connectivity index (χ3n) is 1.87. The summed E-state index contributed by atoms with van der Waals surface area (Å²) in [7, 11) is 0. The van der Waals surface area contributed by atoms with Crippen LogP contribution in [0, 0.1) is 11.8 Å². The van der Waals surface area contributed by atoms with Gasteiger partial charge in [-0.05, 0) is 6.07 Å². The number of carboxylic acids is 1. The largest absolute Gasteiger partial charge is 0.478 e. The topological polar surface area (TPSA) is 88.5 Å². The maximum atomic E-state index is 11.0. The average Bonchev–Trinajstić information content (AvgIpc) is 2.41. The molecular weight excluding hydrogens is 248 g/mol. The van der Waals surface area contributed by atoms with Gasteiger partial charge in [-0.25, -0.2) is 9.59 Å². The van der Waals surface area contributed by atoms with Gasteiger partial charge >= 0.3 is 12.1 Å². The molecule has 98 valence electrons. The van der Waals surface area contributed by atoms with E-state index in [2.05, 4.69) is 33.5 Å². The van der Waals surface area contributed by atoms with Gasteiger partial charge in [0.2, 0.25) is 0 Å². The molecule has 0 atom stereocenters. The standard InChI is InChI=1S/C13H12N2O4/c1-2-6-19-13(18)15-5-3-4-10-7-11(12(16)17)9-14-8-10/h2,7-9H,1,5-6H2,(H,15,18)(H,16,17). The number of carbonyl (C=O) groups excluding carboxylic acids is 1. The Morgan fingerprint density at radius 1 is 1.53 bits per heavy atom. The number of rotatable bonds is 4. The molecule has 0 radical (unpaired) electrons. The molecule has 2 N–H and O–H groups in total. The van der Waals surface area contributed by atoms with Gasteiger partial charge < -0.3 is 15.2 Å². The summed E-state index contributed by atoms with van der Waals surface area (Å²) in [5.41, 5.74) is 0.520. The molecule has 6 nitrogen and oxygen atoms in total. The molecule has 19 heavy (non-hydrogen) atoms. The molecule has 0 aliphatic heterocycles. The SMILES string of the molecule is C=CCOC(=O)NCC#Cc1cncc(C(=O)O)c1. The molecule has 0 bridgehead atoms. The van der Waals surface area contributed by atoms with Crippen molar-refractivity contribution in [2.75, 3.05) is 13.2 Å². The number of ether oxygens (including phenoxy) is 1. The van der Waals surface area contributed by atoms with Crippen molar-refractivity contribution < 1.29 is 19.4 Å². The van der Waals surface area contributed by atoms with Gasteiger partial charge in [0, 0.05) is 18.0 Å². The van der Waals surface area contributed by atoms with E-state index in [0.29, 0.717) is 5.56 Å². The van der Waals surface area contributed by atoms with Crippen LogP contribution in [0.25, 0.3) is 0 Å². The van der Waals surface area contributed by atoms with Crippen molar-refractivity contribution in [3.63, 3.8) is 0 Å². The average molecular weight is 260 g/mol. The van der Waals surface area contributed by atoms with E-state index >= 15 is 0 Å². The lowest BCUT2D eigenvalue weighted by molar-refractivity contribution is 0.0696. The van der Waals surface area contributed by atoms with Crippen LogP contribution in [-0.2, 0) is 4.74 Å². The number of carbonyl (C=O) groups is 2. The first-order chi connectivity index (χ1) is 9.13. The molecule has 0 unspecified atom stereocenters. The zero-order chi connectivity index (χ0) is 14.1. The Labute approximate surface area is 110 Å². The molecule has 1 heterocycles. The highest BCUT2D eigenvalue weighted by atomic mass is 16.5. The van der Waals surface area contributed by atoms with Gasteiger partial charge in [-0.1, -0.05) is 24.5 Å². The summed E-state index contributed by atoms with van der Waals surface area (Å²) in [6, 6.07) is 1.40. The highest BCUT2D eigenvalue weighted by Gasteiger charge is 2.02. The van der Waals surface area contributed by atoms with Gasteiger partial charge in [-0.15, -0.1) is 0 Å². The Balaban J connectivity index is 2.50. The smallest absolute Gasteiger partial charge is 0.408 e. The van der Waals surface area contributed by atoms with Crippen LogP contribution < -0.4 is 5.32 Å². The molecule has 1 rings (SSSR count). The van der Waals surface area contributed by atoms with Crippen molar-refractivity contribution in [3.05, 3.63) is 42.2 Å². The number of alkyl carbamates (subject to hydrolysis) is 1. The summed E-state index contributed by atoms with van der Waals surface area (Å²) < 4.78 is 4.67. The zero-order valence-electron chi connectivity index (χ0n) is 10.0. The predicted octanol–water partition coefficient (Wildman–Crippen LogP) is 1.04. The van der Waals surface area contributed by atoms with Crippen LogP contribution in [0.1, 0.15) is 15.9 Å². The number of amides is 1. The molecule has 0 spiro atoms. The molecule has 6 heteroatoms. The van der Waals surface area contributed by atoms with Gasteiger partial charge in [0.15, 0.2) is 0 Å². The van der Waals surface area contributed by atoms with Crippen LogP contribution in [-0.4, -0.2) is 35.3 Å². The maximum Gasteiger partial charge on any atom is 0.408 e. The number of hydrogen-bond donors (Lipinski definition) is 2. The summed E-state index contributed by atoms with van der Waals surface area (Å²) in [6.45, 7) is 3.62. The van der Waals surface area contributed by atoms with Gasteiger partial charge in [-0.2, -0.15) is 0 Å². The molecule has 1 aromatic heterocycles. The first kappa shape index (κ1) is 14.3. The van der Waals surface area contributed by atoms with Crippen molar-refractivity contribution in [1.29, 1.82) is 0 Å². The zero-order valence-corrected chi connectivity index (χ0v) is 10.0. The molecule has 0 fully saturated rings. The van der Waals surface area contributed by atoms with Gasteiger partial charge in [0.25, 0.3) is 0 Å². The molecular formula is C13H12N2O4. The number of nitrogens with one attached hydrogen (secondary N) is 1. The minimum atomic E-state index is -1.07. The third-order valence-corrected chi connectivity index (χ3v) is 1.87. The summed E-state index contributed by atoms with van der Waals surface area (Å²) in [5.74, 6) is 4.27. The number of pyridine rings is 1. The fraction of sp³-hybridized carbons (Fsp3) is 0.154. The number of nitrogens with zero attached hydrogens (tertiary/aromatic N) is 1. The minimum Gasteiger partial charge on any atom is -0.478 e. The Bertz CT molecular complexity index is 543. The van der Waals surface area contributed by atoms with Gasteiger partial charge in [-0.3, -0.25) is 4.98 Å². The molecule has 0 saturated carbocycles. The number of carboxylic acid groups (broad SMARTS) is 1. The highest BCUT2D eigenvalue weighted by molar-refractivity contribution is 5.87. The second-order valence-electron chi connectivity index (χ2n) is 3.31. The molecule has 0 saturated heterocycles. The first-order valence-electron chi connectivity index (χ1n) is 5.32. The predicted molar refractivity (Wildman–Crippen MR) is 67.6 cm³/mol. The monoisotopic (exact) mass is 260 g/mol. The first-order valence-corrected chi connectivity index (χ1v) is 5.32. The van der Waals surface area contributed by atoms with E-state index < -0.39 is 12.1 Å². The van der Waals surface area contributed by atoms with E-state index in [1.807, 2.05) is 0 Å². The summed E-state index contributed by atoms with van der Waals surface area (Å²) >= 11 is 0. The quantitative estimate of drug-likeness (QED) is 0.624.